The van der Waals surface area contributed by atoms with Gasteiger partial charge in [-0.05, 0) is 42.2 Å². The summed E-state index contributed by atoms with van der Waals surface area (Å²) in [5.74, 6) is 0.447. The minimum Gasteiger partial charge on any atom is -0.508 e. The molecular weight excluding hydrogens is 392 g/mol. The maximum Gasteiger partial charge on any atom is 0.257 e. The average Bonchev–Trinajstić information content (AvgIpc) is 3.00. The monoisotopic (exact) mass is 416 g/mol. The normalized spacial score (nSPS) is 11.7. The van der Waals surface area contributed by atoms with Crippen LogP contribution in [0, 0.1) is 5.92 Å². The summed E-state index contributed by atoms with van der Waals surface area (Å²) in [6.07, 6.45) is 2.40. The molecular formula is C23H24N6O2. The summed E-state index contributed by atoms with van der Waals surface area (Å²) < 4.78 is 1.41. The maximum atomic E-state index is 13.0. The lowest BCUT2D eigenvalue weighted by atomic mass is 10.1. The second-order valence-electron chi connectivity index (χ2n) is 7.73. The van der Waals surface area contributed by atoms with Crippen LogP contribution in [0.2, 0.25) is 0 Å². The number of para-hydroxylation sites is 2. The Kier molecular flexibility index (Phi) is 5.53. The van der Waals surface area contributed by atoms with Crippen LogP contribution >= 0.6 is 0 Å². The molecule has 8 heteroatoms. The molecule has 0 unspecified atom stereocenters. The van der Waals surface area contributed by atoms with Gasteiger partial charge >= 0.3 is 0 Å². The van der Waals surface area contributed by atoms with Crippen molar-refractivity contribution in [2.75, 3.05) is 12.3 Å². The summed E-state index contributed by atoms with van der Waals surface area (Å²) in [5, 5.41) is 17.0. The number of benzene rings is 2. The third-order valence-corrected chi connectivity index (χ3v) is 4.90. The van der Waals surface area contributed by atoms with E-state index in [1.807, 2.05) is 24.3 Å². The van der Waals surface area contributed by atoms with Crippen molar-refractivity contribution in [2.24, 2.45) is 11.0 Å². The summed E-state index contributed by atoms with van der Waals surface area (Å²) in [6, 6.07) is 14.1. The highest BCUT2D eigenvalue weighted by Gasteiger charge is 2.23. The number of phenolic OH excluding ortho intramolecular Hbond substituents is 1. The molecule has 0 atom stereocenters. The predicted molar refractivity (Wildman–Crippen MR) is 122 cm³/mol. The molecule has 2 aromatic carbocycles. The molecule has 0 radical (unpaired) electrons. The number of carbonyl (C=O) groups is 1. The van der Waals surface area contributed by atoms with E-state index in [4.69, 9.17) is 5.73 Å². The highest BCUT2D eigenvalue weighted by Crippen LogP contribution is 2.28. The summed E-state index contributed by atoms with van der Waals surface area (Å²) in [6.45, 7) is 4.73. The first-order chi connectivity index (χ1) is 14.9. The summed E-state index contributed by atoms with van der Waals surface area (Å²) in [5.41, 5.74) is 9.42. The quantitative estimate of drug-likeness (QED) is 0.416. The Balaban J connectivity index is 1.83. The molecule has 0 fully saturated rings. The summed E-state index contributed by atoms with van der Waals surface area (Å²) in [7, 11) is 0. The molecule has 0 bridgehead atoms. The van der Waals surface area contributed by atoms with Gasteiger partial charge in [-0.3, -0.25) is 4.79 Å². The number of anilines is 1. The van der Waals surface area contributed by atoms with E-state index >= 15 is 0 Å². The van der Waals surface area contributed by atoms with E-state index in [9.17, 15) is 9.90 Å². The van der Waals surface area contributed by atoms with Gasteiger partial charge in [-0.15, -0.1) is 0 Å². The van der Waals surface area contributed by atoms with Crippen molar-refractivity contribution < 1.29 is 9.90 Å². The molecule has 2 heterocycles. The minimum atomic E-state index is -0.306. The van der Waals surface area contributed by atoms with Crippen LogP contribution in [0.3, 0.4) is 0 Å². The molecule has 0 aliphatic heterocycles. The Hall–Kier alpha value is -3.94. The molecule has 4 aromatic rings. The Bertz CT molecular complexity index is 1290. The lowest BCUT2D eigenvalue weighted by molar-refractivity contribution is 0.0954. The molecule has 2 aromatic heterocycles. The van der Waals surface area contributed by atoms with Crippen LogP contribution in [0.4, 0.5) is 5.82 Å². The van der Waals surface area contributed by atoms with Crippen molar-refractivity contribution in [3.63, 3.8) is 0 Å². The number of fused-ring (bicyclic) bond motifs is 2. The summed E-state index contributed by atoms with van der Waals surface area (Å²) >= 11 is 0. The Morgan fingerprint density at radius 3 is 2.65 bits per heavy atom. The highest BCUT2D eigenvalue weighted by atomic mass is 16.3. The lowest BCUT2D eigenvalue weighted by Gasteiger charge is -2.07. The Morgan fingerprint density at radius 1 is 1.19 bits per heavy atom. The first-order valence-corrected chi connectivity index (χ1v) is 10.1. The van der Waals surface area contributed by atoms with E-state index < -0.39 is 0 Å². The van der Waals surface area contributed by atoms with Crippen LogP contribution in [0.5, 0.6) is 5.75 Å². The van der Waals surface area contributed by atoms with Gasteiger partial charge in [0.25, 0.3) is 5.91 Å². The molecule has 0 aliphatic rings. The van der Waals surface area contributed by atoms with Crippen LogP contribution in [0.15, 0.2) is 53.6 Å². The second kappa shape index (κ2) is 8.43. The molecule has 4 rings (SSSR count). The number of phenols is 1. The number of nitrogens with two attached hydrogens (primary N) is 1. The number of carbonyl (C=O) groups excluding carboxylic acids is 1. The predicted octanol–water partition coefficient (Wildman–Crippen LogP) is 3.53. The zero-order valence-electron chi connectivity index (χ0n) is 17.4. The van der Waals surface area contributed by atoms with Crippen molar-refractivity contribution in [1.82, 2.24) is 20.0 Å². The first kappa shape index (κ1) is 20.3. The lowest BCUT2D eigenvalue weighted by Crippen LogP contribution is -2.26. The van der Waals surface area contributed by atoms with Crippen molar-refractivity contribution >= 4 is 40.1 Å². The fraction of sp³-hybridized carbons (Fsp3) is 0.217. The number of nitrogen functional groups attached to an aromatic ring is 1. The molecule has 0 aliphatic carbocycles. The zero-order valence-corrected chi connectivity index (χ0v) is 17.4. The Morgan fingerprint density at radius 2 is 1.94 bits per heavy atom. The van der Waals surface area contributed by atoms with E-state index in [2.05, 4.69) is 34.2 Å². The molecule has 4 N–H and O–H groups in total. The average molecular weight is 416 g/mol. The second-order valence-corrected chi connectivity index (χ2v) is 7.73. The van der Waals surface area contributed by atoms with E-state index in [1.54, 1.807) is 30.5 Å². The number of nitrogens with one attached hydrogen (secondary N) is 1. The molecule has 0 saturated heterocycles. The Labute approximate surface area is 179 Å². The molecule has 31 heavy (non-hydrogen) atoms. The van der Waals surface area contributed by atoms with Gasteiger partial charge in [-0.2, -0.15) is 9.78 Å². The summed E-state index contributed by atoms with van der Waals surface area (Å²) in [4.78, 5) is 22.3. The van der Waals surface area contributed by atoms with E-state index in [-0.39, 0.29) is 23.0 Å². The van der Waals surface area contributed by atoms with Gasteiger partial charge in [0.15, 0.2) is 5.65 Å². The van der Waals surface area contributed by atoms with Crippen molar-refractivity contribution in [1.29, 1.82) is 0 Å². The molecule has 158 valence electrons. The third kappa shape index (κ3) is 4.18. The molecule has 0 spiro atoms. The largest absolute Gasteiger partial charge is 0.508 e. The van der Waals surface area contributed by atoms with Crippen LogP contribution in [0.1, 0.15) is 36.2 Å². The van der Waals surface area contributed by atoms with Crippen LogP contribution in [-0.2, 0) is 0 Å². The molecule has 0 saturated carbocycles. The third-order valence-electron chi connectivity index (χ3n) is 4.90. The van der Waals surface area contributed by atoms with E-state index in [0.717, 1.165) is 6.42 Å². The fourth-order valence-corrected chi connectivity index (χ4v) is 3.28. The molecule has 1 amide bonds. The minimum absolute atomic E-state index is 0.130. The van der Waals surface area contributed by atoms with Gasteiger partial charge in [-0.25, -0.2) is 9.97 Å². The van der Waals surface area contributed by atoms with Gasteiger partial charge in [0.05, 0.1) is 17.2 Å². The van der Waals surface area contributed by atoms with E-state index in [0.29, 0.717) is 40.2 Å². The first-order valence-electron chi connectivity index (χ1n) is 10.1. The fourth-order valence-electron chi connectivity index (χ4n) is 3.28. The number of hydrogen-bond donors (Lipinski definition) is 3. The van der Waals surface area contributed by atoms with Crippen LogP contribution in [0.25, 0.3) is 22.2 Å². The number of hydrogen-bond acceptors (Lipinski definition) is 6. The number of aromatic nitrogens is 3. The maximum absolute atomic E-state index is 13.0. The highest BCUT2D eigenvalue weighted by molar-refractivity contribution is 6.10. The topological polar surface area (TPSA) is 118 Å². The van der Waals surface area contributed by atoms with Gasteiger partial charge in [-0.1, -0.05) is 38.1 Å². The number of nitrogens with zero attached hydrogens (tertiary/aromatic N) is 4. The van der Waals surface area contributed by atoms with Crippen molar-refractivity contribution in [2.45, 2.75) is 20.3 Å². The SMILES string of the molecule is CC(C)CCNC(=O)c1c(N)n(N=Cc2cccc(O)c2)c2nc3ccccc3nc12. The van der Waals surface area contributed by atoms with Crippen molar-refractivity contribution in [3.8, 4) is 5.75 Å². The number of rotatable bonds is 6. The van der Waals surface area contributed by atoms with Gasteiger partial charge in [0.2, 0.25) is 0 Å². The number of amides is 1. The van der Waals surface area contributed by atoms with Crippen molar-refractivity contribution in [3.05, 3.63) is 59.7 Å². The van der Waals surface area contributed by atoms with Gasteiger partial charge in [0, 0.05) is 6.54 Å². The zero-order chi connectivity index (χ0) is 22.0. The molecule has 8 nitrogen and oxygen atoms in total. The van der Waals surface area contributed by atoms with Gasteiger partial charge < -0.3 is 16.2 Å². The van der Waals surface area contributed by atoms with Crippen LogP contribution in [-0.4, -0.2) is 38.4 Å². The van der Waals surface area contributed by atoms with Gasteiger partial charge in [0.1, 0.15) is 22.6 Å². The van der Waals surface area contributed by atoms with E-state index in [1.165, 1.54) is 4.68 Å². The standard InChI is InChI=1S/C23H24N6O2/c1-14(2)10-11-25-23(31)19-20-22(28-18-9-4-3-8-17(18)27-20)29(21(19)24)26-13-15-6-5-7-16(30)12-15/h3-9,12-14,30H,10-11,24H2,1-2H3,(H,25,31). The number of aromatic hydroxyl groups is 1. The smallest absolute Gasteiger partial charge is 0.257 e. The van der Waals surface area contributed by atoms with Crippen LogP contribution < -0.4 is 11.1 Å².